The van der Waals surface area contributed by atoms with Gasteiger partial charge < -0.3 is 11.1 Å². The fourth-order valence-electron chi connectivity index (χ4n) is 4.53. The van der Waals surface area contributed by atoms with Crippen molar-refractivity contribution in [2.75, 3.05) is 0 Å². The molecule has 0 bridgehead atoms. The molecule has 2 aromatic carbocycles. The van der Waals surface area contributed by atoms with Gasteiger partial charge in [0.05, 0.1) is 17.3 Å². The van der Waals surface area contributed by atoms with Crippen molar-refractivity contribution in [1.82, 2.24) is 15.8 Å². The van der Waals surface area contributed by atoms with Crippen LogP contribution in [-0.2, 0) is 4.79 Å². The number of carbonyl (C=O) groups is 3. The summed E-state index contributed by atoms with van der Waals surface area (Å²) in [6.07, 6.45) is 0.365. The van der Waals surface area contributed by atoms with Crippen molar-refractivity contribution in [2.24, 2.45) is 10.7 Å². The smallest absolute Gasteiger partial charge is 0.238 e. The summed E-state index contributed by atoms with van der Waals surface area (Å²) in [5, 5.41) is 14.2. The number of aliphatic imine (C=N–C) groups is 1. The summed E-state index contributed by atoms with van der Waals surface area (Å²) in [7, 11) is 0. The number of benzene rings is 2. The molecule has 34 heavy (non-hydrogen) atoms. The lowest BCUT2D eigenvalue weighted by atomic mass is 9.79. The third-order valence-electron chi connectivity index (χ3n) is 6.14. The maximum absolute atomic E-state index is 13.2. The lowest BCUT2D eigenvalue weighted by Crippen LogP contribution is -2.48. The second kappa shape index (κ2) is 8.01. The van der Waals surface area contributed by atoms with Gasteiger partial charge in [-0.1, -0.05) is 54.6 Å². The predicted molar refractivity (Wildman–Crippen MR) is 123 cm³/mol. The number of dihydropyridines is 1. The first-order valence-electron chi connectivity index (χ1n) is 10.7. The molecule has 0 saturated carbocycles. The molecule has 4 N–H and O–H groups in total. The van der Waals surface area contributed by atoms with E-state index in [0.717, 1.165) is 5.56 Å². The van der Waals surface area contributed by atoms with Crippen molar-refractivity contribution < 1.29 is 14.4 Å². The van der Waals surface area contributed by atoms with Crippen molar-refractivity contribution in [3.05, 3.63) is 94.0 Å². The Morgan fingerprint density at radius 1 is 1.12 bits per heavy atom. The number of Topliss-reactive ketones (excluding diaryl/α,β-unsaturated/α-hetero) is 2. The highest BCUT2D eigenvalue weighted by Crippen LogP contribution is 2.34. The van der Waals surface area contributed by atoms with Crippen LogP contribution < -0.4 is 16.5 Å². The Bertz CT molecular complexity index is 1380. The molecule has 1 saturated heterocycles. The van der Waals surface area contributed by atoms with Crippen LogP contribution in [0, 0.1) is 11.3 Å². The summed E-state index contributed by atoms with van der Waals surface area (Å²) < 4.78 is 0. The minimum absolute atomic E-state index is 0.0291. The van der Waals surface area contributed by atoms with Crippen molar-refractivity contribution in [2.45, 2.75) is 25.4 Å². The molecular weight excluding hydrogens is 432 g/mol. The fraction of sp³-hybridized carbons (Fsp3) is 0.160. The monoisotopic (exact) mass is 452 g/mol. The zero-order valence-corrected chi connectivity index (χ0v) is 18.2. The maximum atomic E-state index is 13.2. The number of rotatable bonds is 2. The molecule has 2 unspecified atom stereocenters. The number of hydrazine groups is 1. The number of nitriles is 1. The Hall–Kier alpha value is -4.71. The number of carbonyl (C=O) groups excluding carboxylic acids is 3. The van der Waals surface area contributed by atoms with Gasteiger partial charge in [0.25, 0.3) is 0 Å². The van der Waals surface area contributed by atoms with Crippen molar-refractivity contribution in [1.29, 1.82) is 5.26 Å². The van der Waals surface area contributed by atoms with Crippen LogP contribution in [-0.4, -0.2) is 34.4 Å². The van der Waals surface area contributed by atoms with Crippen molar-refractivity contribution in [3.63, 3.8) is 0 Å². The van der Waals surface area contributed by atoms with Crippen LogP contribution >= 0.6 is 0 Å². The molecule has 9 heteroatoms. The lowest BCUT2D eigenvalue weighted by Gasteiger charge is -2.31. The van der Waals surface area contributed by atoms with Crippen LogP contribution in [0.4, 0.5) is 0 Å². The summed E-state index contributed by atoms with van der Waals surface area (Å²) in [5.41, 5.74) is 10.7. The van der Waals surface area contributed by atoms with Gasteiger partial charge in [0.15, 0.2) is 11.6 Å². The molecule has 0 radical (unpaired) electrons. The summed E-state index contributed by atoms with van der Waals surface area (Å²) >= 11 is 0. The standard InChI is InChI=1S/C25H20N6O3/c1-13(32)31-18(14-7-3-2-4-8-14)11-19(30-31)28-25-17(12-26)21(27)20-22(29-25)24(34)16-10-6-5-9-15(16)23(20)33/h2-10,18,22,29H,11,27H2,1H3,(H,28,30). The molecule has 0 aromatic heterocycles. The van der Waals surface area contributed by atoms with Gasteiger partial charge >= 0.3 is 0 Å². The number of nitrogens with one attached hydrogen (secondary N) is 2. The van der Waals surface area contributed by atoms with Crippen molar-refractivity contribution in [3.8, 4) is 6.07 Å². The number of allylic oxidation sites excluding steroid dienone is 1. The highest BCUT2D eigenvalue weighted by atomic mass is 16.2. The molecule has 2 aliphatic heterocycles. The highest BCUT2D eigenvalue weighted by Gasteiger charge is 2.43. The summed E-state index contributed by atoms with van der Waals surface area (Å²) in [6.45, 7) is 1.45. The van der Waals surface area contributed by atoms with E-state index in [4.69, 9.17) is 5.73 Å². The van der Waals surface area contributed by atoms with Crippen LogP contribution in [0.2, 0.25) is 0 Å². The zero-order chi connectivity index (χ0) is 24.0. The van der Waals surface area contributed by atoms with Crippen molar-refractivity contribution >= 4 is 23.3 Å². The van der Waals surface area contributed by atoms with E-state index in [0.29, 0.717) is 17.8 Å². The van der Waals surface area contributed by atoms with Gasteiger partial charge in [-0.05, 0) is 5.56 Å². The molecular formula is C25H20N6O3. The molecule has 1 amide bonds. The third kappa shape index (κ3) is 3.24. The molecule has 0 spiro atoms. The average Bonchev–Trinajstić information content (AvgIpc) is 3.27. The van der Waals surface area contributed by atoms with E-state index in [1.807, 2.05) is 36.4 Å². The summed E-state index contributed by atoms with van der Waals surface area (Å²) in [5.74, 6) is -0.415. The average molecular weight is 452 g/mol. The quantitative estimate of drug-likeness (QED) is 0.632. The number of nitrogens with two attached hydrogens (primary N) is 1. The molecule has 2 heterocycles. The van der Waals surface area contributed by atoms with Gasteiger partial charge in [-0.3, -0.25) is 19.8 Å². The Morgan fingerprint density at radius 3 is 2.47 bits per heavy atom. The Morgan fingerprint density at radius 2 is 1.79 bits per heavy atom. The van der Waals surface area contributed by atoms with E-state index < -0.39 is 11.8 Å². The van der Waals surface area contributed by atoms with Gasteiger partial charge in [-0.15, -0.1) is 0 Å². The minimum atomic E-state index is -1.05. The third-order valence-corrected chi connectivity index (χ3v) is 6.14. The van der Waals surface area contributed by atoms with Crippen LogP contribution in [0.3, 0.4) is 0 Å². The van der Waals surface area contributed by atoms with E-state index in [-0.39, 0.29) is 46.0 Å². The first-order valence-corrected chi connectivity index (χ1v) is 10.7. The number of ketones is 2. The molecule has 2 aromatic rings. The van der Waals surface area contributed by atoms with Crippen LogP contribution in [0.25, 0.3) is 0 Å². The SMILES string of the molecule is CC(=O)N1N/C(=N/C2=C(C#N)C(N)=C3C(=O)c4ccccc4C(=O)C3N2)CC1c1ccccc1. The molecule has 168 valence electrons. The van der Waals surface area contributed by atoms with Gasteiger partial charge in [-0.25, -0.2) is 10.0 Å². The largest absolute Gasteiger partial charge is 0.397 e. The Balaban J connectivity index is 1.56. The zero-order valence-electron chi connectivity index (χ0n) is 18.2. The van der Waals surface area contributed by atoms with Gasteiger partial charge in [-0.2, -0.15) is 5.26 Å². The number of amidine groups is 1. The maximum Gasteiger partial charge on any atom is 0.238 e. The van der Waals surface area contributed by atoms with Gasteiger partial charge in [0.1, 0.15) is 29.3 Å². The number of amides is 1. The van der Waals surface area contributed by atoms with E-state index in [1.54, 1.807) is 24.3 Å². The summed E-state index contributed by atoms with van der Waals surface area (Å²) in [6, 6.07) is 16.7. The molecule has 9 nitrogen and oxygen atoms in total. The first-order chi connectivity index (χ1) is 16.4. The lowest BCUT2D eigenvalue weighted by molar-refractivity contribution is -0.132. The van der Waals surface area contributed by atoms with Crippen LogP contribution in [0.1, 0.15) is 45.7 Å². The predicted octanol–water partition coefficient (Wildman–Crippen LogP) is 1.88. The second-order valence-corrected chi connectivity index (χ2v) is 8.17. The Kier molecular flexibility index (Phi) is 4.98. The molecule has 1 aliphatic carbocycles. The van der Waals surface area contributed by atoms with E-state index in [9.17, 15) is 19.6 Å². The number of nitrogens with zero attached hydrogens (tertiary/aromatic N) is 3. The summed E-state index contributed by atoms with van der Waals surface area (Å²) in [4.78, 5) is 43.0. The Labute approximate surface area is 195 Å². The topological polar surface area (TPSA) is 141 Å². The van der Waals surface area contributed by atoms with E-state index in [2.05, 4.69) is 15.7 Å². The second-order valence-electron chi connectivity index (χ2n) is 8.17. The van der Waals surface area contributed by atoms with E-state index >= 15 is 0 Å². The molecule has 3 aliphatic rings. The highest BCUT2D eigenvalue weighted by molar-refractivity contribution is 6.25. The molecule has 1 fully saturated rings. The van der Waals surface area contributed by atoms with E-state index in [1.165, 1.54) is 11.9 Å². The number of hydrogen-bond acceptors (Lipinski definition) is 7. The molecule has 5 rings (SSSR count). The first kappa shape index (κ1) is 21.2. The van der Waals surface area contributed by atoms with Gasteiger partial charge in [0, 0.05) is 24.5 Å². The van der Waals surface area contributed by atoms with Crippen LogP contribution in [0.5, 0.6) is 0 Å². The molecule has 2 atom stereocenters. The minimum Gasteiger partial charge on any atom is -0.397 e. The van der Waals surface area contributed by atoms with Gasteiger partial charge in [0.2, 0.25) is 5.91 Å². The fourth-order valence-corrected chi connectivity index (χ4v) is 4.53. The van der Waals surface area contributed by atoms with Crippen LogP contribution in [0.15, 0.2) is 82.3 Å². The number of fused-ring (bicyclic) bond motifs is 2. The normalized spacial score (nSPS) is 22.7. The number of hydrogen-bond donors (Lipinski definition) is 3.